The van der Waals surface area contributed by atoms with Crippen LogP contribution in [0.25, 0.3) is 1.43 Å². The molecule has 0 aliphatic carbocycles. The van der Waals surface area contributed by atoms with Crippen molar-refractivity contribution in [2.24, 2.45) is 0 Å². The number of aldehydes is 1. The molecule has 0 fully saturated rings. The summed E-state index contributed by atoms with van der Waals surface area (Å²) in [6.45, 7) is 0. The Morgan fingerprint density at radius 3 is 2.24 bits per heavy atom. The minimum Gasteiger partial charge on any atom is -0.479 e. The van der Waals surface area contributed by atoms with Gasteiger partial charge in [-0.05, 0) is 0 Å². The second-order valence-corrected chi connectivity index (χ2v) is 3.88. The first-order chi connectivity index (χ1) is 8.16. The number of carbonyl (C=O) groups is 2. The zero-order valence-corrected chi connectivity index (χ0v) is 8.85. The van der Waals surface area contributed by atoms with Gasteiger partial charge in [-0.15, -0.1) is 0 Å². The Morgan fingerprint density at radius 1 is 1.35 bits per heavy atom. The third-order valence-electron chi connectivity index (χ3n) is 1.62. The van der Waals surface area contributed by atoms with Crippen molar-refractivity contribution in [3.63, 3.8) is 0 Å². The Labute approximate surface area is 96.5 Å². The van der Waals surface area contributed by atoms with Gasteiger partial charge in [0, 0.05) is 0 Å². The molecule has 0 saturated heterocycles. The lowest BCUT2D eigenvalue weighted by Crippen LogP contribution is -2.50. The molecule has 0 aromatic heterocycles. The predicted octanol–water partition coefficient (Wildman–Crippen LogP) is -3.46. The number of rotatable bonds is 8. The molecule has 17 heavy (non-hydrogen) atoms. The van der Waals surface area contributed by atoms with Crippen LogP contribution in [0.4, 0.5) is 0 Å². The minimum absolute atomic E-state index is 0.262. The van der Waals surface area contributed by atoms with Gasteiger partial charge in [0.05, 0.1) is 0 Å². The fraction of sp³-hybridized carbons (Fsp3) is 0.667. The van der Waals surface area contributed by atoms with Gasteiger partial charge in [-0.25, -0.2) is 8.98 Å². The number of hydrogen-bond donors (Lipinski definition) is 5. The van der Waals surface area contributed by atoms with E-state index >= 15 is 0 Å². The molecule has 0 saturated carbocycles. The van der Waals surface area contributed by atoms with Gasteiger partial charge in [-0.1, -0.05) is 0 Å². The van der Waals surface area contributed by atoms with Crippen molar-refractivity contribution in [2.75, 3.05) is 0 Å². The van der Waals surface area contributed by atoms with Gasteiger partial charge in [0.15, 0.2) is 12.4 Å². The minimum atomic E-state index is -4.99. The van der Waals surface area contributed by atoms with Crippen LogP contribution in [-0.4, -0.2) is 70.1 Å². The summed E-state index contributed by atoms with van der Waals surface area (Å²) in [4.78, 5) is 20.6. The number of aliphatic carboxylic acids is 1. The van der Waals surface area contributed by atoms with E-state index < -0.39 is 40.8 Å². The third-order valence-corrected chi connectivity index (χ3v) is 2.08. The van der Waals surface area contributed by atoms with Crippen molar-refractivity contribution in [1.29, 1.82) is 1.43 Å². The van der Waals surface area contributed by atoms with E-state index in [1.54, 1.807) is 0 Å². The van der Waals surface area contributed by atoms with Gasteiger partial charge in [-0.3, -0.25) is 4.56 Å². The van der Waals surface area contributed by atoms with E-state index in [4.69, 9.17) is 16.8 Å². The average Bonchev–Trinajstić information content (AvgIpc) is 2.33. The van der Waals surface area contributed by atoms with Crippen molar-refractivity contribution in [2.45, 2.75) is 24.4 Å². The van der Waals surface area contributed by atoms with Crippen molar-refractivity contribution < 1.29 is 47.2 Å². The van der Waals surface area contributed by atoms with Crippen molar-refractivity contribution in [3.8, 4) is 0 Å². The van der Waals surface area contributed by atoms with Gasteiger partial charge < -0.3 is 25.2 Å². The van der Waals surface area contributed by atoms with E-state index in [1.807, 2.05) is 0 Å². The molecule has 0 unspecified atom stereocenters. The van der Waals surface area contributed by atoms with Crippen molar-refractivity contribution in [1.82, 2.24) is 0 Å². The number of carboxylic acids is 1. The molecule has 5 N–H and O–H groups in total. The maximum atomic E-state index is 10.7. The van der Waals surface area contributed by atoms with Gasteiger partial charge in [0.2, 0.25) is 1.43 Å². The number of aliphatic hydroxyl groups is 3. The highest BCUT2D eigenvalue weighted by Crippen LogP contribution is 2.11. The van der Waals surface area contributed by atoms with Crippen LogP contribution >= 0.6 is 0 Å². The molecule has 10 nitrogen and oxygen atoms in total. The Balaban J connectivity index is 5.12. The molecule has 0 bridgehead atoms. The molecular formula is C6H10O10S. The first kappa shape index (κ1) is 14.0. The Kier molecular flexibility index (Phi) is 4.92. The maximum absolute atomic E-state index is 10.7. The molecule has 0 aromatic rings. The fourth-order valence-electron chi connectivity index (χ4n) is 0.855. The molecule has 11 heteroatoms. The van der Waals surface area contributed by atoms with Gasteiger partial charge >= 0.3 is 16.4 Å². The van der Waals surface area contributed by atoms with Gasteiger partial charge in [-0.2, -0.15) is 8.42 Å². The summed E-state index contributed by atoms with van der Waals surface area (Å²) in [7, 11) is -4.99. The molecular weight excluding hydrogens is 264 g/mol. The summed E-state index contributed by atoms with van der Waals surface area (Å²) >= 11 is 0. The molecule has 0 radical (unpaired) electrons. The van der Waals surface area contributed by atoms with Crippen LogP contribution in [0.2, 0.25) is 0 Å². The topological polar surface area (TPSA) is 179 Å². The van der Waals surface area contributed by atoms with Crippen LogP contribution in [0.1, 0.15) is 0 Å². The highest BCUT2D eigenvalue weighted by atomic mass is 32.3. The van der Waals surface area contributed by atoms with Crippen LogP contribution in [0.5, 0.6) is 0 Å². The van der Waals surface area contributed by atoms with E-state index in [-0.39, 0.29) is 6.29 Å². The van der Waals surface area contributed by atoms with E-state index in [9.17, 15) is 23.1 Å². The molecule has 100 valence electrons. The summed E-state index contributed by atoms with van der Waals surface area (Å²) < 4.78 is 34.5. The first-order valence-electron chi connectivity index (χ1n) is 4.37. The number of carbonyl (C=O) groups excluding carboxylic acids is 1. The summed E-state index contributed by atoms with van der Waals surface area (Å²) in [6, 6.07) is 0. The standard InChI is InChI=1S/C6H10O10S/c7-1-2(8)5(16-17(13,14)15)3(9)4(10)6(11)12/h1-5,8-10H,(H,11,12)(H,13,14,15)/t2-,3+,4-,5+/m0/s1/i/hD. The second-order valence-electron chi connectivity index (χ2n) is 2.87. The molecule has 0 spiro atoms. The van der Waals surface area contributed by atoms with E-state index in [0.717, 1.165) is 0 Å². The molecule has 0 heterocycles. The van der Waals surface area contributed by atoms with Crippen LogP contribution in [0.3, 0.4) is 0 Å². The lowest BCUT2D eigenvalue weighted by molar-refractivity contribution is -0.161. The zero-order valence-electron chi connectivity index (χ0n) is 9.03. The SMILES string of the molecule is [2H]OS(=O)(=O)O[C@@H]([C@H](O)[C@H](O)C(=O)O)[C@@H](O)C=O. The Bertz CT molecular complexity index is 393. The van der Waals surface area contributed by atoms with E-state index in [2.05, 4.69) is 8.74 Å². The van der Waals surface area contributed by atoms with Gasteiger partial charge in [0.1, 0.15) is 18.3 Å². The third kappa shape index (κ3) is 5.16. The second kappa shape index (κ2) is 6.00. The lowest BCUT2D eigenvalue weighted by atomic mass is 10.0. The van der Waals surface area contributed by atoms with Crippen molar-refractivity contribution in [3.05, 3.63) is 0 Å². The van der Waals surface area contributed by atoms with E-state index in [0.29, 0.717) is 0 Å². The maximum Gasteiger partial charge on any atom is 0.397 e. The van der Waals surface area contributed by atoms with Crippen LogP contribution in [0, 0.1) is 0 Å². The highest BCUT2D eigenvalue weighted by molar-refractivity contribution is 7.80. The van der Waals surface area contributed by atoms with Gasteiger partial charge in [0.25, 0.3) is 0 Å². The number of aliphatic hydroxyl groups excluding tert-OH is 3. The summed E-state index contributed by atoms with van der Waals surface area (Å²) in [5.41, 5.74) is 0. The molecule has 0 amide bonds. The van der Waals surface area contributed by atoms with Crippen LogP contribution in [0.15, 0.2) is 0 Å². The molecule has 0 aromatic carbocycles. The molecule has 0 rings (SSSR count). The summed E-state index contributed by atoms with van der Waals surface area (Å²) in [5, 5.41) is 35.6. The van der Waals surface area contributed by atoms with E-state index in [1.165, 1.54) is 0 Å². The Hall–Kier alpha value is -1.11. The van der Waals surface area contributed by atoms with Crippen LogP contribution in [-0.2, 0) is 24.2 Å². The zero-order chi connectivity index (χ0) is 14.5. The molecule has 0 aliphatic heterocycles. The normalized spacial score (nSPS) is 19.8. The summed E-state index contributed by atoms with van der Waals surface area (Å²) in [6.07, 6.45) is -9.84. The largest absolute Gasteiger partial charge is 0.479 e. The quantitative estimate of drug-likeness (QED) is 0.221. The summed E-state index contributed by atoms with van der Waals surface area (Å²) in [5.74, 6) is -1.95. The monoisotopic (exact) mass is 275 g/mol. The molecule has 0 aliphatic rings. The lowest BCUT2D eigenvalue weighted by Gasteiger charge is -2.24. The number of carboxylic acid groups (broad SMARTS) is 1. The number of hydrogen-bond acceptors (Lipinski definition) is 9. The predicted molar refractivity (Wildman–Crippen MR) is 48.1 cm³/mol. The van der Waals surface area contributed by atoms with Crippen molar-refractivity contribution >= 4 is 22.7 Å². The van der Waals surface area contributed by atoms with Crippen LogP contribution < -0.4 is 0 Å². The average molecular weight is 275 g/mol. The smallest absolute Gasteiger partial charge is 0.397 e. The first-order valence-corrected chi connectivity index (χ1v) is 5.30. The Morgan fingerprint density at radius 2 is 1.88 bits per heavy atom. The highest BCUT2D eigenvalue weighted by Gasteiger charge is 2.39. The molecule has 4 atom stereocenters. The fourth-order valence-corrected chi connectivity index (χ4v) is 1.35.